The topological polar surface area (TPSA) is 60.4 Å². The van der Waals surface area contributed by atoms with Crippen molar-refractivity contribution in [2.24, 2.45) is 0 Å². The van der Waals surface area contributed by atoms with Crippen molar-refractivity contribution >= 4 is 28.7 Å². The van der Waals surface area contributed by atoms with Crippen molar-refractivity contribution < 1.29 is 17.4 Å². The zero-order chi connectivity index (χ0) is 11.3. The Morgan fingerprint density at radius 3 is 2.40 bits per heavy atom. The van der Waals surface area contributed by atoms with E-state index in [1.165, 1.54) is 12.1 Å². The normalized spacial score (nSPS) is 11.0. The summed E-state index contributed by atoms with van der Waals surface area (Å²) in [5.41, 5.74) is 0.209. The zero-order valence-corrected chi connectivity index (χ0v) is 9.50. The first kappa shape index (κ1) is 12.1. The summed E-state index contributed by atoms with van der Waals surface area (Å²) in [5, 5.41) is 0. The number of hydrogen-bond acceptors (Lipinski definition) is 5. The molecule has 0 aliphatic heterocycles. The van der Waals surface area contributed by atoms with Crippen LogP contribution in [0.2, 0.25) is 0 Å². The fourth-order valence-electron chi connectivity index (χ4n) is 0.891. The quantitative estimate of drug-likeness (QED) is 0.638. The van der Waals surface area contributed by atoms with Gasteiger partial charge in [0.2, 0.25) is 0 Å². The highest BCUT2D eigenvalue weighted by Gasteiger charge is 2.17. The molecule has 6 heteroatoms. The van der Waals surface area contributed by atoms with Gasteiger partial charge in [-0.2, -0.15) is 21.0 Å². The van der Waals surface area contributed by atoms with Crippen LogP contribution in [0.5, 0.6) is 0 Å². The van der Waals surface area contributed by atoms with Crippen LogP contribution in [0.15, 0.2) is 30.3 Å². The average Bonchev–Trinajstić information content (AvgIpc) is 2.18. The molecule has 1 rings (SSSR count). The molecule has 0 spiro atoms. The molecule has 0 atom stereocenters. The van der Waals surface area contributed by atoms with Gasteiger partial charge >= 0.3 is 16.1 Å². The third-order valence-corrected chi connectivity index (χ3v) is 3.19. The molecule has 82 valence electrons. The van der Waals surface area contributed by atoms with E-state index in [1.54, 1.807) is 18.2 Å². The SMILES string of the molecule is O=C(OS(=O)(=O)CCS)c1ccccc1. The summed E-state index contributed by atoms with van der Waals surface area (Å²) in [6.45, 7) is 0. The first-order valence-electron chi connectivity index (χ1n) is 4.17. The lowest BCUT2D eigenvalue weighted by molar-refractivity contribution is 0.0747. The molecule has 1 aromatic rings. The summed E-state index contributed by atoms with van der Waals surface area (Å²) in [6, 6.07) is 7.94. The van der Waals surface area contributed by atoms with E-state index in [9.17, 15) is 13.2 Å². The number of benzene rings is 1. The standard InChI is InChI=1S/C9H10O4S2/c10-9(8-4-2-1-3-5-8)13-15(11,12)7-6-14/h1-5,14H,6-7H2. The summed E-state index contributed by atoms with van der Waals surface area (Å²) in [5.74, 6) is -1.03. The molecule has 1 aromatic carbocycles. The van der Waals surface area contributed by atoms with Crippen molar-refractivity contribution in [3.8, 4) is 0 Å². The molecule has 0 aliphatic carbocycles. The Labute approximate surface area is 93.8 Å². The molecule has 0 aromatic heterocycles. The Bertz CT molecular complexity index is 425. The number of rotatable bonds is 4. The predicted octanol–water partition coefficient (Wildman–Crippen LogP) is 1.10. The summed E-state index contributed by atoms with van der Waals surface area (Å²) < 4.78 is 26.6. The summed E-state index contributed by atoms with van der Waals surface area (Å²) in [6.07, 6.45) is 0. The van der Waals surface area contributed by atoms with Gasteiger partial charge in [0.1, 0.15) is 0 Å². The Balaban J connectivity index is 2.73. The zero-order valence-electron chi connectivity index (χ0n) is 7.79. The second-order valence-corrected chi connectivity index (χ2v) is 4.86. The van der Waals surface area contributed by atoms with Crippen LogP contribution in [0, 0.1) is 0 Å². The minimum Gasteiger partial charge on any atom is -0.341 e. The van der Waals surface area contributed by atoms with Crippen molar-refractivity contribution in [1.29, 1.82) is 0 Å². The van der Waals surface area contributed by atoms with E-state index < -0.39 is 16.1 Å². The van der Waals surface area contributed by atoms with E-state index in [0.29, 0.717) is 0 Å². The highest BCUT2D eigenvalue weighted by Crippen LogP contribution is 2.05. The predicted molar refractivity (Wildman–Crippen MR) is 59.5 cm³/mol. The highest BCUT2D eigenvalue weighted by atomic mass is 32.2. The molecular weight excluding hydrogens is 236 g/mol. The van der Waals surface area contributed by atoms with Crippen molar-refractivity contribution in [2.75, 3.05) is 11.5 Å². The van der Waals surface area contributed by atoms with Gasteiger partial charge in [-0.3, -0.25) is 0 Å². The molecule has 0 N–H and O–H groups in total. The minimum absolute atomic E-state index is 0.115. The molecule has 0 aliphatic rings. The van der Waals surface area contributed by atoms with E-state index >= 15 is 0 Å². The van der Waals surface area contributed by atoms with Gasteiger partial charge in [-0.15, -0.1) is 0 Å². The van der Waals surface area contributed by atoms with Crippen molar-refractivity contribution in [3.63, 3.8) is 0 Å². The van der Waals surface area contributed by atoms with Gasteiger partial charge in [0, 0.05) is 5.75 Å². The molecule has 4 nitrogen and oxygen atoms in total. The second kappa shape index (κ2) is 5.18. The Morgan fingerprint density at radius 2 is 1.87 bits per heavy atom. The van der Waals surface area contributed by atoms with Crippen LogP contribution < -0.4 is 0 Å². The molecule has 15 heavy (non-hydrogen) atoms. The third kappa shape index (κ3) is 3.93. The molecule has 0 saturated heterocycles. The first-order valence-corrected chi connectivity index (χ1v) is 6.38. The summed E-state index contributed by atoms with van der Waals surface area (Å²) >= 11 is 3.75. The van der Waals surface area contributed by atoms with E-state index in [0.717, 1.165) is 0 Å². The number of thiol groups is 1. The van der Waals surface area contributed by atoms with E-state index in [4.69, 9.17) is 0 Å². The lowest BCUT2D eigenvalue weighted by Gasteiger charge is -2.03. The maximum absolute atomic E-state index is 11.3. The lowest BCUT2D eigenvalue weighted by Crippen LogP contribution is -2.17. The van der Waals surface area contributed by atoms with Crippen LogP contribution in [-0.4, -0.2) is 25.9 Å². The van der Waals surface area contributed by atoms with Crippen molar-refractivity contribution in [1.82, 2.24) is 0 Å². The molecular formula is C9H10O4S2. The Hall–Kier alpha value is -1.01. The van der Waals surface area contributed by atoms with Gasteiger partial charge in [-0.1, -0.05) is 18.2 Å². The first-order chi connectivity index (χ1) is 7.05. The molecule has 0 fully saturated rings. The second-order valence-electron chi connectivity index (χ2n) is 2.72. The lowest BCUT2D eigenvalue weighted by atomic mass is 10.2. The van der Waals surface area contributed by atoms with Gasteiger partial charge in [0.05, 0.1) is 11.3 Å². The van der Waals surface area contributed by atoms with Crippen LogP contribution in [0.4, 0.5) is 0 Å². The Morgan fingerprint density at radius 1 is 1.27 bits per heavy atom. The van der Waals surface area contributed by atoms with E-state index in [2.05, 4.69) is 16.8 Å². The number of carbonyl (C=O) groups is 1. The fourth-order valence-corrected chi connectivity index (χ4v) is 2.20. The van der Waals surface area contributed by atoms with E-state index in [-0.39, 0.29) is 17.1 Å². The average molecular weight is 246 g/mol. The third-order valence-electron chi connectivity index (χ3n) is 1.55. The van der Waals surface area contributed by atoms with Crippen LogP contribution in [0.25, 0.3) is 0 Å². The van der Waals surface area contributed by atoms with Crippen LogP contribution in [-0.2, 0) is 14.3 Å². The summed E-state index contributed by atoms with van der Waals surface area (Å²) in [7, 11) is -3.80. The molecule has 0 bridgehead atoms. The maximum Gasteiger partial charge on any atom is 0.353 e. The summed E-state index contributed by atoms with van der Waals surface area (Å²) in [4.78, 5) is 11.3. The van der Waals surface area contributed by atoms with Gasteiger partial charge in [0.15, 0.2) is 0 Å². The monoisotopic (exact) mass is 246 g/mol. The van der Waals surface area contributed by atoms with Crippen LogP contribution >= 0.6 is 12.6 Å². The molecule has 0 radical (unpaired) electrons. The maximum atomic E-state index is 11.3. The van der Waals surface area contributed by atoms with E-state index in [1.807, 2.05) is 0 Å². The van der Waals surface area contributed by atoms with Gasteiger partial charge in [-0.25, -0.2) is 4.79 Å². The minimum atomic E-state index is -3.80. The molecule has 0 heterocycles. The number of carbonyl (C=O) groups excluding carboxylic acids is 1. The van der Waals surface area contributed by atoms with Gasteiger partial charge in [-0.05, 0) is 12.1 Å². The van der Waals surface area contributed by atoms with Gasteiger partial charge < -0.3 is 4.18 Å². The van der Waals surface area contributed by atoms with Crippen molar-refractivity contribution in [3.05, 3.63) is 35.9 Å². The fraction of sp³-hybridized carbons (Fsp3) is 0.222. The van der Waals surface area contributed by atoms with Crippen molar-refractivity contribution in [2.45, 2.75) is 0 Å². The smallest absolute Gasteiger partial charge is 0.341 e. The van der Waals surface area contributed by atoms with Gasteiger partial charge in [0.25, 0.3) is 0 Å². The van der Waals surface area contributed by atoms with Crippen LogP contribution in [0.3, 0.4) is 0 Å². The molecule has 0 unspecified atom stereocenters. The van der Waals surface area contributed by atoms with Crippen LogP contribution in [0.1, 0.15) is 10.4 Å². The Kier molecular flexibility index (Phi) is 4.16. The molecule has 0 saturated carbocycles. The number of hydrogen-bond donors (Lipinski definition) is 1. The molecule has 0 amide bonds. The highest BCUT2D eigenvalue weighted by molar-refractivity contribution is 7.88. The largest absolute Gasteiger partial charge is 0.353 e.